The lowest BCUT2D eigenvalue weighted by molar-refractivity contribution is 0.660. The molecule has 0 amide bonds. The number of fused-ring (bicyclic) bond motifs is 7. The van der Waals surface area contributed by atoms with E-state index in [2.05, 4.69) is 316 Å². The first-order valence-electron chi connectivity index (χ1n) is 28.1. The van der Waals surface area contributed by atoms with Crippen molar-refractivity contribution in [1.29, 1.82) is 0 Å². The molecule has 15 rings (SSSR count). The minimum Gasteiger partial charge on any atom is -0.310 e. The average Bonchev–Trinajstić information content (AvgIpc) is 3.69. The summed E-state index contributed by atoms with van der Waals surface area (Å²) in [7, 11) is 0. The summed E-state index contributed by atoms with van der Waals surface area (Å²) in [5.41, 5.74) is 25.1. The Labute approximate surface area is 478 Å². The summed E-state index contributed by atoms with van der Waals surface area (Å²) in [6.45, 7) is 4.77. The van der Waals surface area contributed by atoms with Gasteiger partial charge >= 0.3 is 0 Å². The molecule has 0 aliphatic heterocycles. The molecule has 0 saturated carbocycles. The molecule has 0 saturated heterocycles. The van der Waals surface area contributed by atoms with E-state index in [1.54, 1.807) is 0 Å². The number of rotatable bonds is 10. The lowest BCUT2D eigenvalue weighted by atomic mass is 9.82. The van der Waals surface area contributed by atoms with Gasteiger partial charge in [0.05, 0.1) is 5.69 Å². The number of benzene rings is 13. The number of hydrogen-bond donors (Lipinski definition) is 0. The Morgan fingerprint density at radius 3 is 1.58 bits per heavy atom. The van der Waals surface area contributed by atoms with Crippen LogP contribution >= 0.6 is 11.3 Å². The third-order valence-corrected chi connectivity index (χ3v) is 18.1. The zero-order chi connectivity index (χ0) is 54.0. The highest BCUT2D eigenvalue weighted by Crippen LogP contribution is 2.54. The molecule has 14 aromatic rings. The first kappa shape index (κ1) is 48.3. The molecule has 0 radical (unpaired) electrons. The van der Waals surface area contributed by atoms with Gasteiger partial charge in [-0.25, -0.2) is 0 Å². The average molecular weight is 1050 g/mol. The number of nitrogens with zero attached hydrogens (tertiary/aromatic N) is 1. The molecular weight excluding hydrogens is 995 g/mol. The van der Waals surface area contributed by atoms with Gasteiger partial charge in [-0.2, -0.15) is 0 Å². The molecule has 382 valence electrons. The molecule has 1 nitrogen and oxygen atoms in total. The van der Waals surface area contributed by atoms with Gasteiger partial charge in [-0.05, 0) is 148 Å². The van der Waals surface area contributed by atoms with Crippen molar-refractivity contribution < 1.29 is 0 Å². The van der Waals surface area contributed by atoms with Crippen molar-refractivity contribution >= 4 is 59.3 Å². The van der Waals surface area contributed by atoms with E-state index in [1.165, 1.54) is 126 Å². The Hall–Kier alpha value is -9.86. The lowest BCUT2D eigenvalue weighted by Gasteiger charge is -2.30. The van der Waals surface area contributed by atoms with Crippen LogP contribution in [0.2, 0.25) is 0 Å². The predicted octanol–water partition coefficient (Wildman–Crippen LogP) is 22.7. The Bertz CT molecular complexity index is 4710. The molecule has 0 N–H and O–H groups in total. The molecule has 1 heterocycles. The summed E-state index contributed by atoms with van der Waals surface area (Å²) >= 11 is 1.90. The Morgan fingerprint density at radius 1 is 0.296 bits per heavy atom. The molecule has 1 aliphatic carbocycles. The number of anilines is 3. The summed E-state index contributed by atoms with van der Waals surface area (Å²) in [5.74, 6) is 0. The smallest absolute Gasteiger partial charge is 0.0540 e. The highest BCUT2D eigenvalue weighted by molar-refractivity contribution is 7.26. The van der Waals surface area contributed by atoms with Crippen LogP contribution in [0.3, 0.4) is 0 Å². The second kappa shape index (κ2) is 19.8. The van der Waals surface area contributed by atoms with Crippen LogP contribution in [-0.4, -0.2) is 0 Å². The fraction of sp³-hybridized carbons (Fsp3) is 0.0380. The summed E-state index contributed by atoms with van der Waals surface area (Å²) in [6.07, 6.45) is 0. The number of hydrogen-bond acceptors (Lipinski definition) is 2. The van der Waals surface area contributed by atoms with E-state index in [0.29, 0.717) is 0 Å². The summed E-state index contributed by atoms with van der Waals surface area (Å²) in [5, 5.41) is 4.99. The minimum absolute atomic E-state index is 0.206. The van der Waals surface area contributed by atoms with Crippen molar-refractivity contribution in [3.8, 4) is 89.0 Å². The van der Waals surface area contributed by atoms with Gasteiger partial charge in [0.25, 0.3) is 0 Å². The van der Waals surface area contributed by atoms with Crippen LogP contribution in [0.1, 0.15) is 25.0 Å². The van der Waals surface area contributed by atoms with Crippen LogP contribution in [0.25, 0.3) is 120 Å². The molecule has 0 unspecified atom stereocenters. The van der Waals surface area contributed by atoms with Gasteiger partial charge in [0, 0.05) is 48.1 Å². The van der Waals surface area contributed by atoms with Gasteiger partial charge in [-0.3, -0.25) is 0 Å². The predicted molar refractivity (Wildman–Crippen MR) is 347 cm³/mol. The molecule has 0 atom stereocenters. The first-order chi connectivity index (χ1) is 39.9. The van der Waals surface area contributed by atoms with Gasteiger partial charge in [0.2, 0.25) is 0 Å². The summed E-state index contributed by atoms with van der Waals surface area (Å²) < 4.78 is 2.55. The highest BCUT2D eigenvalue weighted by atomic mass is 32.1. The van der Waals surface area contributed by atoms with Crippen LogP contribution < -0.4 is 4.90 Å². The van der Waals surface area contributed by atoms with Crippen molar-refractivity contribution in [3.63, 3.8) is 0 Å². The molecule has 13 aromatic carbocycles. The molecule has 81 heavy (non-hydrogen) atoms. The highest BCUT2D eigenvalue weighted by Gasteiger charge is 2.36. The zero-order valence-corrected chi connectivity index (χ0v) is 46.0. The molecule has 2 heteroatoms. The van der Waals surface area contributed by atoms with Crippen molar-refractivity contribution in [3.05, 3.63) is 308 Å². The zero-order valence-electron chi connectivity index (χ0n) is 45.1. The second-order valence-electron chi connectivity index (χ2n) is 21.9. The minimum atomic E-state index is -0.206. The van der Waals surface area contributed by atoms with E-state index in [-0.39, 0.29) is 5.41 Å². The van der Waals surface area contributed by atoms with E-state index in [0.717, 1.165) is 22.6 Å². The third-order valence-electron chi connectivity index (χ3n) is 16.9. The quantitative estimate of drug-likeness (QED) is 0.132. The maximum Gasteiger partial charge on any atom is 0.0540 e. The van der Waals surface area contributed by atoms with E-state index in [4.69, 9.17) is 0 Å². The molecule has 1 aliphatic rings. The van der Waals surface area contributed by atoms with Crippen LogP contribution in [0.5, 0.6) is 0 Å². The monoisotopic (exact) mass is 1050 g/mol. The fourth-order valence-electron chi connectivity index (χ4n) is 13.0. The molecule has 0 spiro atoms. The largest absolute Gasteiger partial charge is 0.310 e. The van der Waals surface area contributed by atoms with Crippen LogP contribution in [0.4, 0.5) is 17.1 Å². The normalized spacial score (nSPS) is 12.4. The van der Waals surface area contributed by atoms with Crippen LogP contribution in [0.15, 0.2) is 297 Å². The van der Waals surface area contributed by atoms with Crippen LogP contribution in [-0.2, 0) is 5.41 Å². The van der Waals surface area contributed by atoms with E-state index in [1.807, 2.05) is 11.3 Å². The molecule has 1 aromatic heterocycles. The van der Waals surface area contributed by atoms with E-state index >= 15 is 0 Å². The third kappa shape index (κ3) is 8.30. The van der Waals surface area contributed by atoms with Gasteiger partial charge in [0.15, 0.2) is 0 Å². The van der Waals surface area contributed by atoms with Gasteiger partial charge in [0.1, 0.15) is 0 Å². The van der Waals surface area contributed by atoms with Crippen molar-refractivity contribution in [2.45, 2.75) is 19.3 Å². The fourth-order valence-corrected chi connectivity index (χ4v) is 14.3. The lowest BCUT2D eigenvalue weighted by Crippen LogP contribution is -2.17. The maximum atomic E-state index is 2.54. The van der Waals surface area contributed by atoms with Gasteiger partial charge < -0.3 is 4.90 Å². The Morgan fingerprint density at radius 2 is 0.827 bits per heavy atom. The first-order valence-corrected chi connectivity index (χ1v) is 28.9. The van der Waals surface area contributed by atoms with Crippen molar-refractivity contribution in [2.24, 2.45) is 0 Å². The SMILES string of the molecule is CC1(C)c2ccccc2-c2ccc(N(c3cccc(-c4cccc5ccc(-c6ccccc6)c(-c6cccc(-c7ccccc7)c6)c45)c3)c3ccc(-c4ccccc4)cc3-c3cccc4c3sc3cccc(-c5ccccc5)c34)cc21. The van der Waals surface area contributed by atoms with E-state index < -0.39 is 0 Å². The topological polar surface area (TPSA) is 3.24 Å². The Kier molecular flexibility index (Phi) is 11.8. The van der Waals surface area contributed by atoms with Gasteiger partial charge in [-0.15, -0.1) is 11.3 Å². The van der Waals surface area contributed by atoms with E-state index in [9.17, 15) is 0 Å². The summed E-state index contributed by atoms with van der Waals surface area (Å²) in [4.78, 5) is 2.54. The maximum absolute atomic E-state index is 2.54. The van der Waals surface area contributed by atoms with Crippen molar-refractivity contribution in [2.75, 3.05) is 4.90 Å². The number of thiophene rings is 1. The van der Waals surface area contributed by atoms with Crippen LogP contribution in [0, 0.1) is 0 Å². The Balaban J connectivity index is 0.986. The second-order valence-corrected chi connectivity index (χ2v) is 23.0. The molecule has 0 fully saturated rings. The summed E-state index contributed by atoms with van der Waals surface area (Å²) in [6, 6.07) is 110. The van der Waals surface area contributed by atoms with Gasteiger partial charge in [-0.1, -0.05) is 263 Å². The van der Waals surface area contributed by atoms with Crippen molar-refractivity contribution in [1.82, 2.24) is 0 Å². The standard InChI is InChI=1S/C79H55NS/c1-79(2)71-40-16-15-35-66(71)67-46-44-62(51-72(67)79)80(73-47-43-58(53-24-9-4-10-25-53)50-70(73)68-38-20-39-69-77-63(54-26-11-5-12-27-54)37-21-41-74(77)81-78(68)69)61-34-18-32-59(49-61)64-36-19-30-56-42-45-65(55-28-13-6-14-29-55)76(75(56)64)60-33-17-31-57(48-60)52-22-7-3-8-23-52/h3-51H,1-2H3. The molecular formula is C79H55NS. The molecule has 0 bridgehead atoms.